The summed E-state index contributed by atoms with van der Waals surface area (Å²) in [5.41, 5.74) is 0. The molecule has 0 spiro atoms. The molecule has 0 aromatic rings. The fraction of sp³-hybridized carbons (Fsp3) is 0.909. The molecule has 0 unspecified atom stereocenters. The number of amides is 2. The maximum atomic E-state index is 11.6. The van der Waals surface area contributed by atoms with Crippen LogP contribution >= 0.6 is 0 Å². The predicted octanol–water partition coefficient (Wildman–Crippen LogP) is -0.483. The third kappa shape index (κ3) is 9.69. The van der Waals surface area contributed by atoms with E-state index in [4.69, 9.17) is 0 Å². The van der Waals surface area contributed by atoms with Gasteiger partial charge in [-0.05, 0) is 27.9 Å². The van der Waals surface area contributed by atoms with Crippen molar-refractivity contribution in [2.75, 3.05) is 46.5 Å². The standard InChI is InChI=1S/C11H26N4O3S/c1-10(2)13-11(16)12-6-7-15(19(5,17)18)9-8-14(3)4/h10H,6-9H2,1-5H3,(H2,12,13,16). The van der Waals surface area contributed by atoms with Crippen LogP contribution in [0.5, 0.6) is 0 Å². The van der Waals surface area contributed by atoms with Gasteiger partial charge >= 0.3 is 6.03 Å². The summed E-state index contributed by atoms with van der Waals surface area (Å²) in [7, 11) is 0.521. The Kier molecular flexibility index (Phi) is 7.96. The first kappa shape index (κ1) is 18.1. The normalized spacial score (nSPS) is 12.2. The lowest BCUT2D eigenvalue weighted by Gasteiger charge is -2.22. The molecule has 2 amide bonds. The molecule has 0 saturated heterocycles. The fourth-order valence-electron chi connectivity index (χ4n) is 1.36. The van der Waals surface area contributed by atoms with Crippen molar-refractivity contribution in [3.05, 3.63) is 0 Å². The molecular formula is C11H26N4O3S. The lowest BCUT2D eigenvalue weighted by atomic mass is 10.4. The average molecular weight is 294 g/mol. The van der Waals surface area contributed by atoms with Gasteiger partial charge in [-0.1, -0.05) is 0 Å². The molecule has 2 N–H and O–H groups in total. The number of carbonyl (C=O) groups excluding carboxylic acids is 1. The molecule has 0 saturated carbocycles. The third-order valence-electron chi connectivity index (χ3n) is 2.33. The summed E-state index contributed by atoms with van der Waals surface area (Å²) in [6.07, 6.45) is 1.18. The molecule has 0 aromatic heterocycles. The zero-order chi connectivity index (χ0) is 15.1. The van der Waals surface area contributed by atoms with Gasteiger partial charge in [-0.3, -0.25) is 0 Å². The first-order valence-corrected chi connectivity index (χ1v) is 8.12. The Bertz CT molecular complexity index is 368. The van der Waals surface area contributed by atoms with Gasteiger partial charge in [-0.15, -0.1) is 0 Å². The van der Waals surface area contributed by atoms with Crippen LogP contribution in [0.15, 0.2) is 0 Å². The van der Waals surface area contributed by atoms with E-state index in [1.807, 2.05) is 32.8 Å². The molecule has 114 valence electrons. The molecule has 0 aliphatic rings. The Morgan fingerprint density at radius 3 is 2.16 bits per heavy atom. The lowest BCUT2D eigenvalue weighted by Crippen LogP contribution is -2.45. The highest BCUT2D eigenvalue weighted by Crippen LogP contribution is 1.97. The van der Waals surface area contributed by atoms with Crippen molar-refractivity contribution < 1.29 is 13.2 Å². The molecule has 0 aliphatic heterocycles. The van der Waals surface area contributed by atoms with E-state index in [1.54, 1.807) is 0 Å². The number of urea groups is 1. The smallest absolute Gasteiger partial charge is 0.315 e. The SMILES string of the molecule is CC(C)NC(=O)NCCN(CCN(C)C)S(C)(=O)=O. The van der Waals surface area contributed by atoms with Crippen LogP contribution in [0.2, 0.25) is 0 Å². The molecule has 0 bridgehead atoms. The molecule has 0 radical (unpaired) electrons. The maximum Gasteiger partial charge on any atom is 0.315 e. The quantitative estimate of drug-likeness (QED) is 0.633. The van der Waals surface area contributed by atoms with Crippen LogP contribution in [0, 0.1) is 0 Å². The highest BCUT2D eigenvalue weighted by Gasteiger charge is 2.16. The van der Waals surface area contributed by atoms with Gasteiger partial charge in [-0.25, -0.2) is 13.2 Å². The van der Waals surface area contributed by atoms with Crippen LogP contribution < -0.4 is 10.6 Å². The van der Waals surface area contributed by atoms with E-state index < -0.39 is 10.0 Å². The van der Waals surface area contributed by atoms with Crippen molar-refractivity contribution in [3.8, 4) is 0 Å². The average Bonchev–Trinajstić information content (AvgIpc) is 2.19. The number of hydrogen-bond acceptors (Lipinski definition) is 4. The Balaban J connectivity index is 4.17. The molecule has 0 fully saturated rings. The Morgan fingerprint density at radius 2 is 1.74 bits per heavy atom. The van der Waals surface area contributed by atoms with Crippen molar-refractivity contribution >= 4 is 16.1 Å². The maximum absolute atomic E-state index is 11.6. The Morgan fingerprint density at radius 1 is 1.16 bits per heavy atom. The van der Waals surface area contributed by atoms with Crippen LogP contribution in [0.25, 0.3) is 0 Å². The number of sulfonamides is 1. The van der Waals surface area contributed by atoms with Gasteiger partial charge < -0.3 is 15.5 Å². The van der Waals surface area contributed by atoms with Gasteiger partial charge in [0.05, 0.1) is 6.26 Å². The lowest BCUT2D eigenvalue weighted by molar-refractivity contribution is 0.237. The van der Waals surface area contributed by atoms with Gasteiger partial charge in [0.2, 0.25) is 10.0 Å². The molecule has 0 heterocycles. The topological polar surface area (TPSA) is 81.8 Å². The summed E-state index contributed by atoms with van der Waals surface area (Å²) in [5.74, 6) is 0. The van der Waals surface area contributed by atoms with Gasteiger partial charge in [-0.2, -0.15) is 4.31 Å². The monoisotopic (exact) mass is 294 g/mol. The molecule has 19 heavy (non-hydrogen) atoms. The molecule has 7 nitrogen and oxygen atoms in total. The van der Waals surface area contributed by atoms with Gasteiger partial charge in [0.25, 0.3) is 0 Å². The minimum absolute atomic E-state index is 0.0553. The fourth-order valence-corrected chi connectivity index (χ4v) is 2.20. The van der Waals surface area contributed by atoms with Crippen LogP contribution in [-0.4, -0.2) is 76.2 Å². The summed E-state index contributed by atoms with van der Waals surface area (Å²) in [6.45, 7) is 5.35. The van der Waals surface area contributed by atoms with Crippen molar-refractivity contribution in [2.45, 2.75) is 19.9 Å². The summed E-state index contributed by atoms with van der Waals surface area (Å²) < 4.78 is 24.5. The summed E-state index contributed by atoms with van der Waals surface area (Å²) >= 11 is 0. The van der Waals surface area contributed by atoms with Crippen LogP contribution in [0.4, 0.5) is 4.79 Å². The van der Waals surface area contributed by atoms with Crippen molar-refractivity contribution in [1.29, 1.82) is 0 Å². The van der Waals surface area contributed by atoms with E-state index in [0.717, 1.165) is 0 Å². The predicted molar refractivity (Wildman–Crippen MR) is 76.6 cm³/mol. The van der Waals surface area contributed by atoms with E-state index in [0.29, 0.717) is 19.6 Å². The molecule has 0 aromatic carbocycles. The Labute approximate surface area is 116 Å². The number of rotatable bonds is 8. The molecule has 0 atom stereocenters. The number of hydrogen-bond donors (Lipinski definition) is 2. The van der Waals surface area contributed by atoms with Gasteiger partial charge in [0.15, 0.2) is 0 Å². The summed E-state index contributed by atoms with van der Waals surface area (Å²) in [6, 6.07) is -0.226. The van der Waals surface area contributed by atoms with E-state index in [-0.39, 0.29) is 18.6 Å². The third-order valence-corrected chi connectivity index (χ3v) is 3.64. The minimum Gasteiger partial charge on any atom is -0.337 e. The highest BCUT2D eigenvalue weighted by atomic mass is 32.2. The number of nitrogens with zero attached hydrogens (tertiary/aromatic N) is 2. The van der Waals surface area contributed by atoms with E-state index in [9.17, 15) is 13.2 Å². The van der Waals surface area contributed by atoms with Crippen molar-refractivity contribution in [2.24, 2.45) is 0 Å². The van der Waals surface area contributed by atoms with Crippen LogP contribution in [-0.2, 0) is 10.0 Å². The van der Waals surface area contributed by atoms with Gasteiger partial charge in [0, 0.05) is 32.2 Å². The first-order chi connectivity index (χ1) is 8.62. The first-order valence-electron chi connectivity index (χ1n) is 6.27. The second kappa shape index (κ2) is 8.34. The van der Waals surface area contributed by atoms with E-state index in [2.05, 4.69) is 10.6 Å². The van der Waals surface area contributed by atoms with E-state index in [1.165, 1.54) is 10.6 Å². The summed E-state index contributed by atoms with van der Waals surface area (Å²) in [5, 5.41) is 5.31. The zero-order valence-electron chi connectivity index (χ0n) is 12.4. The number of likely N-dealkylation sites (N-methyl/N-ethyl adjacent to an activating group) is 1. The minimum atomic E-state index is -3.25. The van der Waals surface area contributed by atoms with Crippen molar-refractivity contribution in [3.63, 3.8) is 0 Å². The second-order valence-corrected chi connectivity index (χ2v) is 7.00. The Hall–Kier alpha value is -0.860. The zero-order valence-corrected chi connectivity index (χ0v) is 13.2. The summed E-state index contributed by atoms with van der Waals surface area (Å²) in [4.78, 5) is 13.3. The molecule has 0 rings (SSSR count). The highest BCUT2D eigenvalue weighted by molar-refractivity contribution is 7.88. The van der Waals surface area contributed by atoms with Crippen LogP contribution in [0.1, 0.15) is 13.8 Å². The molecular weight excluding hydrogens is 268 g/mol. The van der Waals surface area contributed by atoms with Gasteiger partial charge in [0.1, 0.15) is 0 Å². The van der Waals surface area contributed by atoms with Crippen LogP contribution in [0.3, 0.4) is 0 Å². The molecule has 8 heteroatoms. The van der Waals surface area contributed by atoms with Crippen molar-refractivity contribution in [1.82, 2.24) is 19.8 Å². The largest absolute Gasteiger partial charge is 0.337 e. The second-order valence-electron chi connectivity index (χ2n) is 5.02. The number of nitrogens with one attached hydrogen (secondary N) is 2. The number of carbonyl (C=O) groups is 1. The van der Waals surface area contributed by atoms with E-state index >= 15 is 0 Å². The molecule has 0 aliphatic carbocycles.